The number of carboxylic acids is 1. The second kappa shape index (κ2) is 10.0. The van der Waals surface area contributed by atoms with Gasteiger partial charge in [-0.05, 0) is 28.7 Å². The molecule has 0 radical (unpaired) electrons. The average Bonchev–Trinajstić information content (AvgIpc) is 3.39. The van der Waals surface area contributed by atoms with Gasteiger partial charge >= 0.3 is 12.1 Å². The maximum Gasteiger partial charge on any atom is 0.407 e. The van der Waals surface area contributed by atoms with Crippen molar-refractivity contribution >= 4 is 18.0 Å². The Morgan fingerprint density at radius 3 is 2.30 bits per heavy atom. The van der Waals surface area contributed by atoms with Crippen molar-refractivity contribution in [1.29, 1.82) is 0 Å². The molecule has 2 amide bonds. The number of hydrogen-bond acceptors (Lipinski definition) is 6. The highest BCUT2D eigenvalue weighted by atomic mass is 16.6. The summed E-state index contributed by atoms with van der Waals surface area (Å²) in [6, 6.07) is 15.4. The number of nitrogens with one attached hydrogen (secondary N) is 1. The number of carboxylic acid groups (broad SMARTS) is 1. The Hall–Kier alpha value is -3.43. The smallest absolute Gasteiger partial charge is 0.407 e. The monoisotopic (exact) mass is 454 g/mol. The molecule has 3 N–H and O–H groups in total. The van der Waals surface area contributed by atoms with E-state index in [-0.39, 0.29) is 32.3 Å². The molecule has 2 atom stereocenters. The molecule has 2 aliphatic rings. The fraction of sp³-hybridized carbons (Fsp3) is 0.375. The van der Waals surface area contributed by atoms with Gasteiger partial charge in [0, 0.05) is 19.1 Å². The Balaban J connectivity index is 1.39. The molecule has 9 nitrogen and oxygen atoms in total. The molecular weight excluding hydrogens is 428 g/mol. The molecule has 9 heteroatoms. The van der Waals surface area contributed by atoms with Crippen molar-refractivity contribution in [3.8, 4) is 11.1 Å². The van der Waals surface area contributed by atoms with E-state index < -0.39 is 36.7 Å². The number of ether oxygens (including phenoxy) is 2. The predicted octanol–water partition coefficient (Wildman–Crippen LogP) is 1.59. The van der Waals surface area contributed by atoms with Crippen LogP contribution in [0.4, 0.5) is 4.79 Å². The van der Waals surface area contributed by atoms with E-state index in [0.29, 0.717) is 6.42 Å². The highest BCUT2D eigenvalue weighted by Gasteiger charge is 2.39. The summed E-state index contributed by atoms with van der Waals surface area (Å²) in [6.45, 7) is -0.692. The number of aliphatic hydroxyl groups excluding tert-OH is 1. The van der Waals surface area contributed by atoms with Crippen molar-refractivity contribution in [1.82, 2.24) is 10.2 Å². The molecular formula is C24H26N2O7. The minimum Gasteiger partial charge on any atom is -0.480 e. The maximum atomic E-state index is 12.7. The first-order valence-corrected chi connectivity index (χ1v) is 10.8. The van der Waals surface area contributed by atoms with Crippen molar-refractivity contribution in [2.75, 3.05) is 32.9 Å². The van der Waals surface area contributed by atoms with Crippen LogP contribution in [0.1, 0.15) is 23.5 Å². The Morgan fingerprint density at radius 2 is 1.70 bits per heavy atom. The summed E-state index contributed by atoms with van der Waals surface area (Å²) in [5.74, 6) is -1.88. The number of aliphatic hydroxyl groups is 1. The lowest BCUT2D eigenvalue weighted by Crippen LogP contribution is -2.51. The van der Waals surface area contributed by atoms with E-state index >= 15 is 0 Å². The quantitative estimate of drug-likeness (QED) is 0.553. The molecule has 4 rings (SSSR count). The molecule has 1 saturated heterocycles. The molecule has 1 fully saturated rings. The van der Waals surface area contributed by atoms with Gasteiger partial charge in [0.15, 0.2) is 6.10 Å². The van der Waals surface area contributed by atoms with Gasteiger partial charge in [0.2, 0.25) is 0 Å². The van der Waals surface area contributed by atoms with Gasteiger partial charge < -0.3 is 29.9 Å². The highest BCUT2D eigenvalue weighted by molar-refractivity contribution is 5.86. The lowest BCUT2D eigenvalue weighted by molar-refractivity contribution is -0.150. The lowest BCUT2D eigenvalue weighted by Gasteiger charge is -2.26. The predicted molar refractivity (Wildman–Crippen MR) is 118 cm³/mol. The van der Waals surface area contributed by atoms with Crippen molar-refractivity contribution < 1.29 is 34.1 Å². The minimum absolute atomic E-state index is 0.0870. The molecule has 0 bridgehead atoms. The molecule has 0 unspecified atom stereocenters. The van der Waals surface area contributed by atoms with Crippen LogP contribution in [-0.4, -0.2) is 78.1 Å². The molecule has 1 aliphatic heterocycles. The molecule has 174 valence electrons. The van der Waals surface area contributed by atoms with E-state index in [1.807, 2.05) is 36.4 Å². The number of carbonyl (C=O) groups excluding carboxylic acids is 2. The molecule has 2 aromatic rings. The lowest BCUT2D eigenvalue weighted by atomic mass is 9.98. The van der Waals surface area contributed by atoms with Crippen LogP contribution in [0.2, 0.25) is 0 Å². The van der Waals surface area contributed by atoms with E-state index in [0.717, 1.165) is 27.2 Å². The third-order valence-electron chi connectivity index (χ3n) is 5.99. The summed E-state index contributed by atoms with van der Waals surface area (Å²) in [6.07, 6.45) is -1.31. The van der Waals surface area contributed by atoms with Gasteiger partial charge in [-0.15, -0.1) is 0 Å². The zero-order valence-corrected chi connectivity index (χ0v) is 18.0. The van der Waals surface area contributed by atoms with Crippen LogP contribution in [-0.2, 0) is 19.1 Å². The van der Waals surface area contributed by atoms with E-state index in [2.05, 4.69) is 17.4 Å². The number of alkyl carbamates (subject to hydrolysis) is 1. The Labute approximate surface area is 190 Å². The third-order valence-corrected chi connectivity index (χ3v) is 5.99. The van der Waals surface area contributed by atoms with Crippen LogP contribution in [0, 0.1) is 0 Å². The van der Waals surface area contributed by atoms with Gasteiger partial charge in [0.25, 0.3) is 5.91 Å². The summed E-state index contributed by atoms with van der Waals surface area (Å²) < 4.78 is 11.0. The summed E-state index contributed by atoms with van der Waals surface area (Å²) in [5.41, 5.74) is 4.44. The summed E-state index contributed by atoms with van der Waals surface area (Å²) in [4.78, 5) is 37.4. The van der Waals surface area contributed by atoms with Crippen LogP contribution < -0.4 is 5.32 Å². The highest BCUT2D eigenvalue weighted by Crippen LogP contribution is 2.44. The van der Waals surface area contributed by atoms with Gasteiger partial charge in [0.1, 0.15) is 13.2 Å². The number of carbonyl (C=O) groups is 3. The summed E-state index contributed by atoms with van der Waals surface area (Å²) in [5, 5.41) is 20.9. The second-order valence-electron chi connectivity index (χ2n) is 8.03. The molecule has 1 aliphatic carbocycles. The standard InChI is InChI=1S/C24H26N2O7/c27-11-10-26(13-21(28)29)23(30)22-20(9-12-32-22)25-24(31)33-14-19-17-7-3-1-5-15(17)16-6-2-4-8-18(16)19/h1-8,19-20,22,27H,9-14H2,(H,25,31)(H,28,29)/t20-,22+/m1/s1. The minimum atomic E-state index is -1.20. The van der Waals surface area contributed by atoms with Crippen LogP contribution in [0.3, 0.4) is 0 Å². The second-order valence-corrected chi connectivity index (χ2v) is 8.03. The van der Waals surface area contributed by atoms with Gasteiger partial charge in [-0.25, -0.2) is 4.79 Å². The van der Waals surface area contributed by atoms with Crippen molar-refractivity contribution in [3.05, 3.63) is 59.7 Å². The molecule has 0 saturated carbocycles. The molecule has 2 aromatic carbocycles. The summed E-state index contributed by atoms with van der Waals surface area (Å²) >= 11 is 0. The number of aliphatic carboxylic acids is 1. The summed E-state index contributed by atoms with van der Waals surface area (Å²) in [7, 11) is 0. The van der Waals surface area contributed by atoms with E-state index in [9.17, 15) is 14.4 Å². The molecule has 33 heavy (non-hydrogen) atoms. The number of nitrogens with zero attached hydrogens (tertiary/aromatic N) is 1. The number of hydrogen-bond donors (Lipinski definition) is 3. The Bertz CT molecular complexity index is 995. The van der Waals surface area contributed by atoms with Crippen LogP contribution in [0.5, 0.6) is 0 Å². The zero-order valence-electron chi connectivity index (χ0n) is 18.0. The largest absolute Gasteiger partial charge is 0.480 e. The van der Waals surface area contributed by atoms with Crippen molar-refractivity contribution in [3.63, 3.8) is 0 Å². The van der Waals surface area contributed by atoms with E-state index in [4.69, 9.17) is 19.7 Å². The number of rotatable bonds is 8. The first-order chi connectivity index (χ1) is 16.0. The van der Waals surface area contributed by atoms with Crippen LogP contribution in [0.25, 0.3) is 11.1 Å². The Kier molecular flexibility index (Phi) is 6.90. The normalized spacial score (nSPS) is 18.9. The first kappa shape index (κ1) is 22.8. The van der Waals surface area contributed by atoms with E-state index in [1.54, 1.807) is 0 Å². The number of amides is 2. The molecule has 1 heterocycles. The SMILES string of the molecule is O=C(O)CN(CCO)C(=O)[C@H]1OCC[C@H]1NC(=O)OCC1c2ccccc2-c2ccccc21. The third kappa shape index (κ3) is 4.84. The van der Waals surface area contributed by atoms with Crippen molar-refractivity contribution in [2.24, 2.45) is 0 Å². The van der Waals surface area contributed by atoms with Gasteiger partial charge in [-0.1, -0.05) is 48.5 Å². The maximum absolute atomic E-state index is 12.7. The number of benzene rings is 2. The fourth-order valence-corrected chi connectivity index (χ4v) is 4.50. The number of fused-ring (bicyclic) bond motifs is 3. The zero-order chi connectivity index (χ0) is 23.4. The van der Waals surface area contributed by atoms with Crippen LogP contribution in [0.15, 0.2) is 48.5 Å². The molecule has 0 spiro atoms. The fourth-order valence-electron chi connectivity index (χ4n) is 4.50. The average molecular weight is 454 g/mol. The van der Waals surface area contributed by atoms with E-state index in [1.165, 1.54) is 0 Å². The Morgan fingerprint density at radius 1 is 1.06 bits per heavy atom. The van der Waals surface area contributed by atoms with Crippen molar-refractivity contribution in [2.45, 2.75) is 24.5 Å². The van der Waals surface area contributed by atoms with Gasteiger partial charge in [-0.3, -0.25) is 9.59 Å². The molecule has 0 aromatic heterocycles. The topological polar surface area (TPSA) is 125 Å². The van der Waals surface area contributed by atoms with Crippen LogP contribution >= 0.6 is 0 Å². The first-order valence-electron chi connectivity index (χ1n) is 10.8. The van der Waals surface area contributed by atoms with Gasteiger partial charge in [0.05, 0.1) is 12.6 Å². The van der Waals surface area contributed by atoms with Gasteiger partial charge in [-0.2, -0.15) is 0 Å².